The summed E-state index contributed by atoms with van der Waals surface area (Å²) in [7, 11) is 0. The molecule has 0 aromatic carbocycles. The fourth-order valence-corrected chi connectivity index (χ4v) is 2.56. The summed E-state index contributed by atoms with van der Waals surface area (Å²) in [4.78, 5) is 16.0. The Hall–Kier alpha value is -1.14. The molecule has 0 saturated carbocycles. The zero-order valence-corrected chi connectivity index (χ0v) is 16.2. The molecule has 0 spiro atoms. The van der Waals surface area contributed by atoms with Crippen LogP contribution >= 0.6 is 15.9 Å². The summed E-state index contributed by atoms with van der Waals surface area (Å²) in [6, 6.07) is 2.22. The summed E-state index contributed by atoms with van der Waals surface area (Å²) >= 11 is 3.42. The first-order valence-corrected chi connectivity index (χ1v) is 8.74. The lowest BCUT2D eigenvalue weighted by atomic mass is 10.0. The number of hydrogen-bond donors (Lipinski definition) is 2. The smallest absolute Gasteiger partial charge is 0.407 e. The highest BCUT2D eigenvalue weighted by Crippen LogP contribution is 2.11. The topological polar surface area (TPSA) is 63.2 Å². The van der Waals surface area contributed by atoms with Gasteiger partial charge in [0.05, 0.1) is 0 Å². The molecule has 1 aromatic heterocycles. The minimum atomic E-state index is -0.479. The fraction of sp³-hybridized carbons (Fsp3) is 0.647. The minimum Gasteiger partial charge on any atom is -0.444 e. The van der Waals surface area contributed by atoms with E-state index >= 15 is 0 Å². The van der Waals surface area contributed by atoms with E-state index in [1.807, 2.05) is 33.0 Å². The molecule has 130 valence electrons. The van der Waals surface area contributed by atoms with Gasteiger partial charge in [0.1, 0.15) is 5.60 Å². The van der Waals surface area contributed by atoms with Crippen molar-refractivity contribution in [2.75, 3.05) is 6.54 Å². The van der Waals surface area contributed by atoms with Gasteiger partial charge >= 0.3 is 6.09 Å². The number of halogens is 1. The van der Waals surface area contributed by atoms with E-state index in [-0.39, 0.29) is 12.1 Å². The highest BCUT2D eigenvalue weighted by atomic mass is 79.9. The molecule has 1 aromatic rings. The molecule has 0 radical (unpaired) electrons. The third-order valence-corrected chi connectivity index (χ3v) is 3.44. The Labute approximate surface area is 147 Å². The number of carbonyl (C=O) groups excluding carboxylic acids is 1. The second-order valence-corrected chi connectivity index (χ2v) is 8.02. The Morgan fingerprint density at radius 1 is 1.35 bits per heavy atom. The molecule has 0 bridgehead atoms. The number of amides is 1. The summed E-state index contributed by atoms with van der Waals surface area (Å²) in [6.45, 7) is 11.2. The quantitative estimate of drug-likeness (QED) is 0.747. The predicted molar refractivity (Wildman–Crippen MR) is 96.3 cm³/mol. The molecule has 1 unspecified atom stereocenters. The Morgan fingerprint density at radius 2 is 2.04 bits per heavy atom. The van der Waals surface area contributed by atoms with Crippen molar-refractivity contribution in [1.29, 1.82) is 0 Å². The van der Waals surface area contributed by atoms with Crippen LogP contribution in [0.2, 0.25) is 0 Å². The number of alkyl carbamates (subject to hydrolysis) is 1. The standard InChI is InChI=1S/C17H28BrN3O2/c1-12(2)6-15(11-21-16(22)23-17(3,4)5)20-9-13-7-14(18)10-19-8-13/h7-8,10,12,15,20H,6,9,11H2,1-5H3,(H,21,22). The number of carbonyl (C=O) groups is 1. The van der Waals surface area contributed by atoms with Crippen molar-refractivity contribution >= 4 is 22.0 Å². The van der Waals surface area contributed by atoms with Gasteiger partial charge in [-0.25, -0.2) is 4.79 Å². The van der Waals surface area contributed by atoms with Gasteiger partial charge in [-0.15, -0.1) is 0 Å². The summed E-state index contributed by atoms with van der Waals surface area (Å²) in [5.74, 6) is 0.536. The van der Waals surface area contributed by atoms with E-state index in [1.165, 1.54) is 0 Å². The predicted octanol–water partition coefficient (Wildman–Crippen LogP) is 3.87. The van der Waals surface area contributed by atoms with Crippen LogP contribution in [-0.2, 0) is 11.3 Å². The minimum absolute atomic E-state index is 0.182. The molecule has 0 aliphatic heterocycles. The summed E-state index contributed by atoms with van der Waals surface area (Å²) < 4.78 is 6.24. The SMILES string of the molecule is CC(C)CC(CNC(=O)OC(C)(C)C)NCc1cncc(Br)c1. The second kappa shape index (κ2) is 9.23. The van der Waals surface area contributed by atoms with Crippen molar-refractivity contribution in [3.63, 3.8) is 0 Å². The Balaban J connectivity index is 2.50. The van der Waals surface area contributed by atoms with Crippen LogP contribution in [0.1, 0.15) is 46.6 Å². The van der Waals surface area contributed by atoms with Crippen molar-refractivity contribution in [3.05, 3.63) is 28.5 Å². The van der Waals surface area contributed by atoms with E-state index in [2.05, 4.69) is 45.4 Å². The van der Waals surface area contributed by atoms with Gasteiger partial charge < -0.3 is 15.4 Å². The molecular formula is C17H28BrN3O2. The average Bonchev–Trinajstić information content (AvgIpc) is 2.39. The highest BCUT2D eigenvalue weighted by molar-refractivity contribution is 9.10. The van der Waals surface area contributed by atoms with E-state index in [4.69, 9.17) is 4.74 Å². The number of ether oxygens (including phenoxy) is 1. The first kappa shape index (κ1) is 19.9. The molecule has 1 amide bonds. The lowest BCUT2D eigenvalue weighted by molar-refractivity contribution is 0.0521. The third-order valence-electron chi connectivity index (χ3n) is 3.00. The number of hydrogen-bond acceptors (Lipinski definition) is 4. The highest BCUT2D eigenvalue weighted by Gasteiger charge is 2.18. The molecular weight excluding hydrogens is 358 g/mol. The molecule has 1 heterocycles. The van der Waals surface area contributed by atoms with E-state index in [0.29, 0.717) is 19.0 Å². The van der Waals surface area contributed by atoms with Gasteiger partial charge in [-0.1, -0.05) is 13.8 Å². The first-order chi connectivity index (χ1) is 10.7. The van der Waals surface area contributed by atoms with Crippen molar-refractivity contribution in [2.45, 2.75) is 59.2 Å². The molecule has 0 saturated heterocycles. The van der Waals surface area contributed by atoms with Crippen LogP contribution in [0, 0.1) is 5.92 Å². The van der Waals surface area contributed by atoms with Crippen molar-refractivity contribution in [1.82, 2.24) is 15.6 Å². The molecule has 23 heavy (non-hydrogen) atoms. The van der Waals surface area contributed by atoms with Gasteiger partial charge in [-0.05, 0) is 60.7 Å². The van der Waals surface area contributed by atoms with Crippen LogP contribution in [-0.4, -0.2) is 29.3 Å². The maximum Gasteiger partial charge on any atom is 0.407 e. The van der Waals surface area contributed by atoms with Gasteiger partial charge in [0.25, 0.3) is 0 Å². The van der Waals surface area contributed by atoms with Gasteiger partial charge in [0.15, 0.2) is 0 Å². The Morgan fingerprint density at radius 3 is 2.61 bits per heavy atom. The first-order valence-electron chi connectivity index (χ1n) is 7.95. The normalized spacial score (nSPS) is 13.0. The molecule has 0 aliphatic rings. The van der Waals surface area contributed by atoms with Crippen LogP contribution in [0.3, 0.4) is 0 Å². The van der Waals surface area contributed by atoms with Crippen LogP contribution < -0.4 is 10.6 Å². The van der Waals surface area contributed by atoms with Crippen LogP contribution in [0.4, 0.5) is 4.79 Å². The summed E-state index contributed by atoms with van der Waals surface area (Å²) in [6.07, 6.45) is 4.19. The average molecular weight is 386 g/mol. The van der Waals surface area contributed by atoms with Gasteiger partial charge in [0.2, 0.25) is 0 Å². The number of aromatic nitrogens is 1. The number of pyridine rings is 1. The third kappa shape index (κ3) is 9.56. The molecule has 1 rings (SSSR count). The second-order valence-electron chi connectivity index (χ2n) is 7.10. The lowest BCUT2D eigenvalue weighted by Crippen LogP contribution is -2.43. The van der Waals surface area contributed by atoms with Crippen LogP contribution in [0.15, 0.2) is 22.9 Å². The Kier molecular flexibility index (Phi) is 7.99. The van der Waals surface area contributed by atoms with Crippen molar-refractivity contribution < 1.29 is 9.53 Å². The molecule has 2 N–H and O–H groups in total. The van der Waals surface area contributed by atoms with Crippen LogP contribution in [0.5, 0.6) is 0 Å². The molecule has 5 nitrogen and oxygen atoms in total. The van der Waals surface area contributed by atoms with E-state index in [0.717, 1.165) is 16.5 Å². The number of nitrogens with one attached hydrogen (secondary N) is 2. The molecule has 0 fully saturated rings. The maximum atomic E-state index is 11.8. The monoisotopic (exact) mass is 385 g/mol. The number of rotatable bonds is 7. The Bertz CT molecular complexity index is 501. The zero-order valence-electron chi connectivity index (χ0n) is 14.6. The van der Waals surface area contributed by atoms with E-state index in [1.54, 1.807) is 6.20 Å². The zero-order chi connectivity index (χ0) is 17.5. The van der Waals surface area contributed by atoms with Gasteiger partial charge in [-0.3, -0.25) is 4.98 Å². The van der Waals surface area contributed by atoms with E-state index < -0.39 is 5.60 Å². The summed E-state index contributed by atoms with van der Waals surface area (Å²) in [5, 5.41) is 6.33. The lowest BCUT2D eigenvalue weighted by Gasteiger charge is -2.23. The maximum absolute atomic E-state index is 11.8. The van der Waals surface area contributed by atoms with E-state index in [9.17, 15) is 4.79 Å². The van der Waals surface area contributed by atoms with Gasteiger partial charge in [0, 0.05) is 36.0 Å². The van der Waals surface area contributed by atoms with Crippen molar-refractivity contribution in [2.24, 2.45) is 5.92 Å². The van der Waals surface area contributed by atoms with Gasteiger partial charge in [-0.2, -0.15) is 0 Å². The molecule has 0 aliphatic carbocycles. The number of nitrogens with zero attached hydrogens (tertiary/aromatic N) is 1. The van der Waals surface area contributed by atoms with Crippen molar-refractivity contribution in [3.8, 4) is 0 Å². The summed E-state index contributed by atoms with van der Waals surface area (Å²) in [5.41, 5.74) is 0.623. The largest absolute Gasteiger partial charge is 0.444 e. The fourth-order valence-electron chi connectivity index (χ4n) is 2.14. The van der Waals surface area contributed by atoms with Crippen LogP contribution in [0.25, 0.3) is 0 Å². The molecule has 1 atom stereocenters. The molecule has 6 heteroatoms.